The van der Waals surface area contributed by atoms with E-state index in [1.807, 2.05) is 48.5 Å². The molecule has 2 aliphatic heterocycles. The molecule has 0 spiro atoms. The van der Waals surface area contributed by atoms with E-state index in [0.29, 0.717) is 34.6 Å². The zero-order chi connectivity index (χ0) is 18.4. The first-order valence-corrected chi connectivity index (χ1v) is 9.67. The largest absolute Gasteiger partial charge is 0.435 e. The quantitative estimate of drug-likeness (QED) is 0.770. The number of rotatable bonds is 3. The van der Waals surface area contributed by atoms with Crippen molar-refractivity contribution in [3.05, 3.63) is 54.1 Å². The molecule has 2 unspecified atom stereocenters. The van der Waals surface area contributed by atoms with Gasteiger partial charge in [-0.3, -0.25) is 4.79 Å². The highest BCUT2D eigenvalue weighted by molar-refractivity contribution is 6.04. The van der Waals surface area contributed by atoms with Crippen molar-refractivity contribution < 1.29 is 9.21 Å². The zero-order valence-corrected chi connectivity index (χ0v) is 15.4. The lowest BCUT2D eigenvalue weighted by atomic mass is 9.97. The predicted octanol–water partition coefficient (Wildman–Crippen LogP) is 3.85. The number of amides is 1. The molecular formula is C22H23N3O2. The maximum Gasteiger partial charge on any atom is 0.255 e. The summed E-state index contributed by atoms with van der Waals surface area (Å²) in [5.41, 5.74) is 2.75. The first-order valence-electron chi connectivity index (χ1n) is 9.67. The van der Waals surface area contributed by atoms with E-state index in [1.54, 1.807) is 0 Å². The Morgan fingerprint density at radius 1 is 1.07 bits per heavy atom. The van der Waals surface area contributed by atoms with Crippen LogP contribution in [0.15, 0.2) is 52.9 Å². The number of piperidine rings is 1. The summed E-state index contributed by atoms with van der Waals surface area (Å²) in [6, 6.07) is 16.8. The highest BCUT2D eigenvalue weighted by Gasteiger charge is 2.39. The summed E-state index contributed by atoms with van der Waals surface area (Å²) in [6.45, 7) is 0. The summed E-state index contributed by atoms with van der Waals surface area (Å²) < 4.78 is 5.99. The molecule has 0 radical (unpaired) electrons. The van der Waals surface area contributed by atoms with Crippen molar-refractivity contribution >= 4 is 17.0 Å². The molecule has 0 saturated carbocycles. The maximum absolute atomic E-state index is 13.0. The standard InChI is InChI=1S/C22H23N3O2/c1-25-16-10-11-17(25)13-15(12-16)23-21(26)18-8-5-9-19-20(18)27-22(24-19)14-6-3-2-4-7-14/h2-9,15-17H,10-13H2,1H3,(H,23,26). The smallest absolute Gasteiger partial charge is 0.255 e. The Labute approximate surface area is 158 Å². The van der Waals surface area contributed by atoms with Crippen LogP contribution in [0, 0.1) is 0 Å². The topological polar surface area (TPSA) is 58.4 Å². The summed E-state index contributed by atoms with van der Waals surface area (Å²) >= 11 is 0. The van der Waals surface area contributed by atoms with Crippen molar-refractivity contribution in [2.45, 2.75) is 43.8 Å². The van der Waals surface area contributed by atoms with Crippen molar-refractivity contribution in [3.63, 3.8) is 0 Å². The van der Waals surface area contributed by atoms with E-state index in [9.17, 15) is 4.79 Å². The van der Waals surface area contributed by atoms with Crippen LogP contribution >= 0.6 is 0 Å². The highest BCUT2D eigenvalue weighted by atomic mass is 16.3. The van der Waals surface area contributed by atoms with E-state index in [2.05, 4.69) is 22.2 Å². The third kappa shape index (κ3) is 2.92. The molecule has 2 bridgehead atoms. The van der Waals surface area contributed by atoms with Crippen LogP contribution in [0.3, 0.4) is 0 Å². The maximum atomic E-state index is 13.0. The van der Waals surface area contributed by atoms with E-state index in [1.165, 1.54) is 12.8 Å². The Morgan fingerprint density at radius 3 is 2.56 bits per heavy atom. The van der Waals surface area contributed by atoms with Gasteiger partial charge in [-0.15, -0.1) is 0 Å². The van der Waals surface area contributed by atoms with Crippen LogP contribution in [0.2, 0.25) is 0 Å². The summed E-state index contributed by atoms with van der Waals surface area (Å²) in [5, 5.41) is 3.24. The average Bonchev–Trinajstić information content (AvgIpc) is 3.20. The number of nitrogens with zero attached hydrogens (tertiary/aromatic N) is 2. The molecule has 0 aliphatic carbocycles. The fourth-order valence-corrected chi connectivity index (χ4v) is 4.62. The minimum Gasteiger partial charge on any atom is -0.435 e. The molecule has 2 aromatic carbocycles. The number of para-hydroxylation sites is 1. The number of carbonyl (C=O) groups excluding carboxylic acids is 1. The van der Waals surface area contributed by atoms with Crippen molar-refractivity contribution in [1.29, 1.82) is 0 Å². The zero-order valence-electron chi connectivity index (χ0n) is 15.4. The monoisotopic (exact) mass is 361 g/mol. The summed E-state index contributed by atoms with van der Waals surface area (Å²) in [7, 11) is 2.21. The number of fused-ring (bicyclic) bond motifs is 3. The number of carbonyl (C=O) groups is 1. The third-order valence-electron chi connectivity index (χ3n) is 6.11. The first kappa shape index (κ1) is 16.5. The lowest BCUT2D eigenvalue weighted by Gasteiger charge is -2.36. The van der Waals surface area contributed by atoms with Gasteiger partial charge in [-0.05, 0) is 57.0 Å². The minimum atomic E-state index is -0.0645. The molecule has 5 rings (SSSR count). The fourth-order valence-electron chi connectivity index (χ4n) is 4.62. The van der Waals surface area contributed by atoms with Crippen molar-refractivity contribution in [2.75, 3.05) is 7.05 Å². The molecule has 1 N–H and O–H groups in total. The first-order chi connectivity index (χ1) is 13.2. The van der Waals surface area contributed by atoms with Crippen LogP contribution in [-0.2, 0) is 0 Å². The van der Waals surface area contributed by atoms with E-state index < -0.39 is 0 Å². The van der Waals surface area contributed by atoms with Gasteiger partial charge < -0.3 is 14.6 Å². The normalized spacial score (nSPS) is 25.0. The Balaban J connectivity index is 1.41. The van der Waals surface area contributed by atoms with Gasteiger partial charge in [0.25, 0.3) is 5.91 Å². The van der Waals surface area contributed by atoms with Crippen LogP contribution in [0.1, 0.15) is 36.0 Å². The van der Waals surface area contributed by atoms with E-state index in [-0.39, 0.29) is 11.9 Å². The molecule has 5 heteroatoms. The molecule has 1 amide bonds. The minimum absolute atomic E-state index is 0.0645. The van der Waals surface area contributed by atoms with Crippen molar-refractivity contribution in [3.8, 4) is 11.5 Å². The van der Waals surface area contributed by atoms with Gasteiger partial charge in [0.2, 0.25) is 5.89 Å². The van der Waals surface area contributed by atoms with Gasteiger partial charge in [0.15, 0.2) is 5.58 Å². The lowest BCUT2D eigenvalue weighted by Crippen LogP contribution is -2.48. The SMILES string of the molecule is CN1C2CCC1CC(NC(=O)c1cccc3nc(-c4ccccc4)oc13)C2. The number of hydrogen-bond acceptors (Lipinski definition) is 4. The molecule has 3 aromatic rings. The van der Waals surface area contributed by atoms with E-state index in [0.717, 1.165) is 18.4 Å². The molecule has 2 atom stereocenters. The van der Waals surface area contributed by atoms with Gasteiger partial charge in [-0.2, -0.15) is 0 Å². The number of hydrogen-bond donors (Lipinski definition) is 1. The second-order valence-corrected chi connectivity index (χ2v) is 7.73. The third-order valence-corrected chi connectivity index (χ3v) is 6.11. The van der Waals surface area contributed by atoms with Gasteiger partial charge in [-0.25, -0.2) is 4.98 Å². The molecule has 5 nitrogen and oxygen atoms in total. The molecule has 1 aromatic heterocycles. The Bertz CT molecular complexity index is 968. The number of aromatic nitrogens is 1. The second-order valence-electron chi connectivity index (χ2n) is 7.73. The predicted molar refractivity (Wildman–Crippen MR) is 105 cm³/mol. The van der Waals surface area contributed by atoms with Crippen LogP contribution in [0.25, 0.3) is 22.6 Å². The molecule has 27 heavy (non-hydrogen) atoms. The molecule has 2 saturated heterocycles. The molecule has 2 aliphatic rings. The molecular weight excluding hydrogens is 338 g/mol. The van der Waals surface area contributed by atoms with E-state index >= 15 is 0 Å². The average molecular weight is 361 g/mol. The molecule has 3 heterocycles. The molecule has 2 fully saturated rings. The van der Waals surface area contributed by atoms with Crippen LogP contribution < -0.4 is 5.32 Å². The van der Waals surface area contributed by atoms with Crippen molar-refractivity contribution in [2.24, 2.45) is 0 Å². The Hall–Kier alpha value is -2.66. The van der Waals surface area contributed by atoms with Gasteiger partial charge in [0.05, 0.1) is 5.56 Å². The number of benzene rings is 2. The van der Waals surface area contributed by atoms with Gasteiger partial charge in [0.1, 0.15) is 5.52 Å². The van der Waals surface area contributed by atoms with Crippen molar-refractivity contribution in [1.82, 2.24) is 15.2 Å². The summed E-state index contributed by atoms with van der Waals surface area (Å²) in [5.74, 6) is 0.480. The van der Waals surface area contributed by atoms with E-state index in [4.69, 9.17) is 4.42 Å². The van der Waals surface area contributed by atoms with Gasteiger partial charge in [0, 0.05) is 23.7 Å². The lowest BCUT2D eigenvalue weighted by molar-refractivity contribution is 0.0883. The number of nitrogens with one attached hydrogen (secondary N) is 1. The summed E-state index contributed by atoms with van der Waals surface area (Å²) in [4.78, 5) is 20.0. The van der Waals surface area contributed by atoms with Crippen LogP contribution in [-0.4, -0.2) is 41.0 Å². The number of oxazole rings is 1. The highest BCUT2D eigenvalue weighted by Crippen LogP contribution is 2.34. The van der Waals surface area contributed by atoms with Crippen LogP contribution in [0.4, 0.5) is 0 Å². The second kappa shape index (κ2) is 6.50. The van der Waals surface area contributed by atoms with Gasteiger partial charge in [-0.1, -0.05) is 24.3 Å². The molecule has 138 valence electrons. The Kier molecular flexibility index (Phi) is 3.97. The summed E-state index contributed by atoms with van der Waals surface area (Å²) in [6.07, 6.45) is 4.54. The van der Waals surface area contributed by atoms with Crippen LogP contribution in [0.5, 0.6) is 0 Å². The fraction of sp³-hybridized carbons (Fsp3) is 0.364. The Morgan fingerprint density at radius 2 is 1.81 bits per heavy atom. The van der Waals surface area contributed by atoms with Gasteiger partial charge >= 0.3 is 0 Å².